The Bertz CT molecular complexity index is 1250. The minimum atomic E-state index is -0.312. The molecule has 8 heteroatoms. The summed E-state index contributed by atoms with van der Waals surface area (Å²) in [7, 11) is 1.53. The fraction of sp³-hybridized carbons (Fsp3) is 0.222. The molecule has 1 fully saturated rings. The minimum Gasteiger partial charge on any atom is -0.497 e. The second kappa shape index (κ2) is 10.6. The van der Waals surface area contributed by atoms with Crippen molar-refractivity contribution in [3.05, 3.63) is 94.5 Å². The number of nitrogens with zero attached hydrogens (tertiary/aromatic N) is 3. The number of methoxy groups -OCH3 is 1. The number of halogens is 1. The first kappa shape index (κ1) is 24.3. The van der Waals surface area contributed by atoms with Gasteiger partial charge in [0.2, 0.25) is 11.8 Å². The predicted octanol–water partition coefficient (Wildman–Crippen LogP) is 4.13. The van der Waals surface area contributed by atoms with Crippen molar-refractivity contribution < 1.29 is 19.1 Å². The topological polar surface area (TPSA) is 70.2 Å². The SMILES string of the molecule is COc1cccc(C(=O)N(CC(=O)N2CC(=O)N(c3cccc(Cl)c3C)C2)Cc2ccccc2)c1. The molecule has 0 saturated carbocycles. The fourth-order valence-electron chi connectivity index (χ4n) is 4.02. The smallest absolute Gasteiger partial charge is 0.254 e. The molecule has 0 spiro atoms. The molecule has 1 aliphatic heterocycles. The molecule has 180 valence electrons. The van der Waals surface area contributed by atoms with E-state index in [2.05, 4.69) is 0 Å². The highest BCUT2D eigenvalue weighted by atomic mass is 35.5. The highest BCUT2D eigenvalue weighted by Gasteiger charge is 2.34. The first-order valence-electron chi connectivity index (χ1n) is 11.2. The van der Waals surface area contributed by atoms with Crippen molar-refractivity contribution in [1.29, 1.82) is 0 Å². The lowest BCUT2D eigenvalue weighted by molar-refractivity contribution is -0.132. The molecule has 1 aliphatic rings. The molecule has 7 nitrogen and oxygen atoms in total. The zero-order valence-electron chi connectivity index (χ0n) is 19.6. The molecule has 3 amide bonds. The molecule has 3 aromatic rings. The quantitative estimate of drug-likeness (QED) is 0.498. The number of ether oxygens (including phenoxy) is 1. The average Bonchev–Trinajstić information content (AvgIpc) is 3.27. The van der Waals surface area contributed by atoms with Crippen LogP contribution in [0.25, 0.3) is 0 Å². The Morgan fingerprint density at radius 2 is 1.77 bits per heavy atom. The van der Waals surface area contributed by atoms with Gasteiger partial charge in [-0.2, -0.15) is 0 Å². The molecule has 35 heavy (non-hydrogen) atoms. The molecule has 0 aliphatic carbocycles. The van der Waals surface area contributed by atoms with Crippen molar-refractivity contribution in [2.45, 2.75) is 13.5 Å². The molecule has 3 aromatic carbocycles. The Balaban J connectivity index is 1.54. The zero-order chi connectivity index (χ0) is 24.9. The third-order valence-corrected chi connectivity index (χ3v) is 6.38. The van der Waals surface area contributed by atoms with Crippen LogP contribution in [0.4, 0.5) is 5.69 Å². The largest absolute Gasteiger partial charge is 0.497 e. The summed E-state index contributed by atoms with van der Waals surface area (Å²) in [6, 6.07) is 21.6. The van der Waals surface area contributed by atoms with Crippen LogP contribution in [0.5, 0.6) is 5.75 Å². The number of rotatable bonds is 7. The maximum absolute atomic E-state index is 13.4. The van der Waals surface area contributed by atoms with Gasteiger partial charge in [0, 0.05) is 22.8 Å². The number of carbonyl (C=O) groups is 3. The van der Waals surface area contributed by atoms with Gasteiger partial charge in [0.1, 0.15) is 25.5 Å². The van der Waals surface area contributed by atoms with E-state index in [1.54, 1.807) is 47.4 Å². The van der Waals surface area contributed by atoms with E-state index in [1.165, 1.54) is 16.9 Å². The summed E-state index contributed by atoms with van der Waals surface area (Å²) >= 11 is 6.23. The van der Waals surface area contributed by atoms with Crippen LogP contribution in [0.3, 0.4) is 0 Å². The number of hydrogen-bond donors (Lipinski definition) is 0. The number of anilines is 1. The molecule has 1 heterocycles. The van der Waals surface area contributed by atoms with Gasteiger partial charge >= 0.3 is 0 Å². The van der Waals surface area contributed by atoms with Gasteiger partial charge < -0.3 is 14.5 Å². The minimum absolute atomic E-state index is 0.0582. The van der Waals surface area contributed by atoms with E-state index in [9.17, 15) is 14.4 Å². The van der Waals surface area contributed by atoms with Gasteiger partial charge in [-0.05, 0) is 48.4 Å². The van der Waals surface area contributed by atoms with E-state index in [0.29, 0.717) is 22.0 Å². The molecule has 1 saturated heterocycles. The highest BCUT2D eigenvalue weighted by Crippen LogP contribution is 2.29. The zero-order valence-corrected chi connectivity index (χ0v) is 20.4. The van der Waals surface area contributed by atoms with Crippen molar-refractivity contribution in [3.63, 3.8) is 0 Å². The summed E-state index contributed by atoms with van der Waals surface area (Å²) in [5.41, 5.74) is 2.76. The molecule has 0 unspecified atom stereocenters. The Kier molecular flexibility index (Phi) is 7.36. The van der Waals surface area contributed by atoms with Crippen LogP contribution in [-0.2, 0) is 16.1 Å². The molecule has 0 aromatic heterocycles. The van der Waals surface area contributed by atoms with E-state index < -0.39 is 0 Å². The molecular formula is C27H26ClN3O4. The van der Waals surface area contributed by atoms with Crippen LogP contribution in [-0.4, -0.2) is 54.4 Å². The number of benzene rings is 3. The summed E-state index contributed by atoms with van der Waals surface area (Å²) in [5, 5.41) is 0.554. The van der Waals surface area contributed by atoms with Crippen LogP contribution in [0.1, 0.15) is 21.5 Å². The third kappa shape index (κ3) is 5.46. The maximum Gasteiger partial charge on any atom is 0.254 e. The highest BCUT2D eigenvalue weighted by molar-refractivity contribution is 6.31. The van der Waals surface area contributed by atoms with Crippen molar-refractivity contribution in [2.75, 3.05) is 31.8 Å². The van der Waals surface area contributed by atoms with E-state index >= 15 is 0 Å². The molecule has 4 rings (SSSR count). The van der Waals surface area contributed by atoms with Gasteiger partial charge in [-0.25, -0.2) is 0 Å². The second-order valence-electron chi connectivity index (χ2n) is 8.32. The van der Waals surface area contributed by atoms with Crippen molar-refractivity contribution in [1.82, 2.24) is 9.80 Å². The summed E-state index contributed by atoms with van der Waals surface area (Å²) in [5.74, 6) is -0.251. The average molecular weight is 492 g/mol. The van der Waals surface area contributed by atoms with E-state index in [4.69, 9.17) is 16.3 Å². The van der Waals surface area contributed by atoms with Crippen LogP contribution in [0, 0.1) is 6.92 Å². The van der Waals surface area contributed by atoms with Crippen LogP contribution < -0.4 is 9.64 Å². The van der Waals surface area contributed by atoms with Crippen LogP contribution >= 0.6 is 11.6 Å². The Hall–Kier alpha value is -3.84. The van der Waals surface area contributed by atoms with Gasteiger partial charge in [-0.15, -0.1) is 0 Å². The fourth-order valence-corrected chi connectivity index (χ4v) is 4.19. The molecule has 0 N–H and O–H groups in total. The predicted molar refractivity (Wildman–Crippen MR) is 134 cm³/mol. The lowest BCUT2D eigenvalue weighted by Crippen LogP contribution is -2.42. The van der Waals surface area contributed by atoms with Crippen LogP contribution in [0.15, 0.2) is 72.8 Å². The molecule has 0 radical (unpaired) electrons. The van der Waals surface area contributed by atoms with Gasteiger partial charge in [0.05, 0.1) is 7.11 Å². The van der Waals surface area contributed by atoms with E-state index in [0.717, 1.165) is 11.1 Å². The van der Waals surface area contributed by atoms with Gasteiger partial charge in [-0.1, -0.05) is 54.1 Å². The Morgan fingerprint density at radius 1 is 1.03 bits per heavy atom. The van der Waals surface area contributed by atoms with Gasteiger partial charge in [0.15, 0.2) is 0 Å². The van der Waals surface area contributed by atoms with Gasteiger partial charge in [-0.3, -0.25) is 19.3 Å². The third-order valence-electron chi connectivity index (χ3n) is 5.97. The summed E-state index contributed by atoms with van der Waals surface area (Å²) in [6.45, 7) is 1.97. The summed E-state index contributed by atoms with van der Waals surface area (Å²) < 4.78 is 5.25. The maximum atomic E-state index is 13.4. The molecule has 0 atom stereocenters. The first-order valence-corrected chi connectivity index (χ1v) is 11.6. The lowest BCUT2D eigenvalue weighted by Gasteiger charge is -2.26. The van der Waals surface area contributed by atoms with Crippen molar-refractivity contribution in [2.24, 2.45) is 0 Å². The van der Waals surface area contributed by atoms with Crippen molar-refractivity contribution >= 4 is 35.0 Å². The van der Waals surface area contributed by atoms with Crippen molar-refractivity contribution in [3.8, 4) is 5.75 Å². The molecular weight excluding hydrogens is 466 g/mol. The Morgan fingerprint density at radius 3 is 2.51 bits per heavy atom. The van der Waals surface area contributed by atoms with E-state index in [1.807, 2.05) is 37.3 Å². The first-order chi connectivity index (χ1) is 16.9. The number of amides is 3. The normalized spacial score (nSPS) is 13.2. The summed E-state index contributed by atoms with van der Waals surface area (Å²) in [4.78, 5) is 43.9. The second-order valence-corrected chi connectivity index (χ2v) is 8.72. The number of hydrogen-bond acceptors (Lipinski definition) is 4. The molecule has 0 bridgehead atoms. The lowest BCUT2D eigenvalue weighted by atomic mass is 10.1. The number of carbonyl (C=O) groups excluding carboxylic acids is 3. The van der Waals surface area contributed by atoms with Gasteiger partial charge in [0.25, 0.3) is 5.91 Å². The Labute approximate surface area is 209 Å². The summed E-state index contributed by atoms with van der Waals surface area (Å²) in [6.07, 6.45) is 0. The van der Waals surface area contributed by atoms with Crippen LogP contribution in [0.2, 0.25) is 5.02 Å². The monoisotopic (exact) mass is 491 g/mol. The van der Waals surface area contributed by atoms with E-state index in [-0.39, 0.29) is 44.0 Å². The standard InChI is InChI=1S/C27H26ClN3O4/c1-19-23(28)12-7-13-24(19)31-18-30(17-26(31)33)25(32)16-29(15-20-8-4-3-5-9-20)27(34)21-10-6-11-22(14-21)35-2/h3-14H,15-18H2,1-2H3.